The quantitative estimate of drug-likeness (QED) is 0.293. The van der Waals surface area contributed by atoms with Gasteiger partial charge in [0.05, 0.1) is 47.8 Å². The van der Waals surface area contributed by atoms with Crippen molar-refractivity contribution in [3.8, 4) is 17.2 Å². The van der Waals surface area contributed by atoms with Gasteiger partial charge >= 0.3 is 11.9 Å². The Bertz CT molecular complexity index is 1520. The summed E-state index contributed by atoms with van der Waals surface area (Å²) in [6.45, 7) is 0. The summed E-state index contributed by atoms with van der Waals surface area (Å²) in [5.41, 5.74) is 7.96. The van der Waals surface area contributed by atoms with Crippen molar-refractivity contribution in [2.45, 2.75) is 5.92 Å². The number of nitro groups is 1. The Morgan fingerprint density at radius 3 is 2.13 bits per heavy atom. The van der Waals surface area contributed by atoms with Crippen molar-refractivity contribution in [1.29, 1.82) is 5.26 Å². The van der Waals surface area contributed by atoms with E-state index < -0.39 is 22.8 Å². The van der Waals surface area contributed by atoms with Gasteiger partial charge in [0.15, 0.2) is 0 Å². The molecule has 1 heterocycles. The third kappa shape index (κ3) is 4.44. The van der Waals surface area contributed by atoms with E-state index in [1.54, 1.807) is 72.8 Å². The molecule has 0 spiro atoms. The van der Waals surface area contributed by atoms with Gasteiger partial charge in [-0.05, 0) is 29.3 Å². The number of methoxy groups -OCH3 is 2. The van der Waals surface area contributed by atoms with E-state index in [1.165, 1.54) is 18.1 Å². The number of benzene rings is 3. The number of esters is 2. The van der Waals surface area contributed by atoms with Crippen LogP contribution in [0.3, 0.4) is 0 Å². The predicted molar refractivity (Wildman–Crippen MR) is 138 cm³/mol. The van der Waals surface area contributed by atoms with Gasteiger partial charge in [0.2, 0.25) is 0 Å². The molecule has 1 unspecified atom stereocenters. The zero-order valence-electron chi connectivity index (χ0n) is 20.5. The minimum Gasteiger partial charge on any atom is -0.466 e. The van der Waals surface area contributed by atoms with Crippen LogP contribution in [0.1, 0.15) is 11.5 Å². The van der Waals surface area contributed by atoms with Crippen molar-refractivity contribution < 1.29 is 24.0 Å². The van der Waals surface area contributed by atoms with E-state index in [0.29, 0.717) is 22.4 Å². The van der Waals surface area contributed by atoms with Crippen LogP contribution in [0.2, 0.25) is 0 Å². The largest absolute Gasteiger partial charge is 0.466 e. The van der Waals surface area contributed by atoms with Crippen molar-refractivity contribution in [1.82, 2.24) is 0 Å². The molecule has 2 N–H and O–H groups in total. The molecule has 0 fully saturated rings. The molecule has 10 heteroatoms. The zero-order valence-corrected chi connectivity index (χ0v) is 20.5. The van der Waals surface area contributed by atoms with Crippen LogP contribution in [0.4, 0.5) is 11.4 Å². The summed E-state index contributed by atoms with van der Waals surface area (Å²) in [6.07, 6.45) is 0. The Morgan fingerprint density at radius 1 is 0.947 bits per heavy atom. The maximum absolute atomic E-state index is 13.1. The number of ether oxygens (including phenoxy) is 2. The lowest BCUT2D eigenvalue weighted by Crippen LogP contribution is -2.40. The molecule has 0 aromatic heterocycles. The normalized spacial score (nSPS) is 15.1. The van der Waals surface area contributed by atoms with Crippen molar-refractivity contribution in [2.75, 3.05) is 19.1 Å². The second-order valence-corrected chi connectivity index (χ2v) is 8.16. The van der Waals surface area contributed by atoms with Crippen LogP contribution in [0, 0.1) is 21.4 Å². The minimum atomic E-state index is -0.981. The summed E-state index contributed by atoms with van der Waals surface area (Å²) in [5.74, 6) is -2.76. The number of carbonyl (C=O) groups excluding carboxylic acids is 2. The average Bonchev–Trinajstić information content (AvgIpc) is 2.96. The molecule has 38 heavy (non-hydrogen) atoms. The number of para-hydroxylation sites is 1. The zero-order chi connectivity index (χ0) is 27.4. The van der Waals surface area contributed by atoms with Crippen LogP contribution < -0.4 is 10.6 Å². The van der Waals surface area contributed by atoms with Crippen molar-refractivity contribution >= 4 is 23.3 Å². The lowest BCUT2D eigenvalue weighted by atomic mass is 9.81. The first-order valence-electron chi connectivity index (χ1n) is 11.3. The summed E-state index contributed by atoms with van der Waals surface area (Å²) in [7, 11) is 2.34. The highest BCUT2D eigenvalue weighted by molar-refractivity contribution is 6.06. The van der Waals surface area contributed by atoms with E-state index in [2.05, 4.69) is 6.07 Å². The van der Waals surface area contributed by atoms with Crippen LogP contribution in [-0.2, 0) is 19.1 Å². The molecule has 0 aliphatic carbocycles. The van der Waals surface area contributed by atoms with Crippen molar-refractivity contribution in [3.05, 3.63) is 117 Å². The molecule has 3 aromatic rings. The summed E-state index contributed by atoms with van der Waals surface area (Å²) in [5, 5.41) is 21.6. The van der Waals surface area contributed by atoms with Crippen LogP contribution in [-0.4, -0.2) is 31.1 Å². The van der Waals surface area contributed by atoms with Gasteiger partial charge < -0.3 is 15.2 Å². The SMILES string of the molecule is COC(=O)C1=C(C(=O)OC)N(c2ccc(-c3ccccc3[N+](=O)[O-])cc2)C(N)=C(C#N)C1c1ccccc1. The lowest BCUT2D eigenvalue weighted by molar-refractivity contribution is -0.384. The fourth-order valence-electron chi connectivity index (χ4n) is 4.45. The second kappa shape index (κ2) is 10.7. The Kier molecular flexibility index (Phi) is 7.21. The van der Waals surface area contributed by atoms with Gasteiger partial charge in [0.25, 0.3) is 5.69 Å². The highest BCUT2D eigenvalue weighted by atomic mass is 16.6. The van der Waals surface area contributed by atoms with Crippen LogP contribution in [0.5, 0.6) is 0 Å². The van der Waals surface area contributed by atoms with Crippen LogP contribution in [0.15, 0.2) is 102 Å². The fourth-order valence-corrected chi connectivity index (χ4v) is 4.45. The topological polar surface area (TPSA) is 149 Å². The Labute approximate surface area is 218 Å². The van der Waals surface area contributed by atoms with Gasteiger partial charge in [0, 0.05) is 11.8 Å². The molecule has 1 aliphatic rings. The van der Waals surface area contributed by atoms with Gasteiger partial charge in [-0.1, -0.05) is 54.6 Å². The van der Waals surface area contributed by atoms with Crippen LogP contribution >= 0.6 is 0 Å². The van der Waals surface area contributed by atoms with Gasteiger partial charge in [-0.2, -0.15) is 5.26 Å². The first-order valence-corrected chi connectivity index (χ1v) is 11.3. The second-order valence-electron chi connectivity index (χ2n) is 8.16. The number of hydrogen-bond acceptors (Lipinski definition) is 9. The third-order valence-corrected chi connectivity index (χ3v) is 6.15. The summed E-state index contributed by atoms with van der Waals surface area (Å²) >= 11 is 0. The number of hydrogen-bond donors (Lipinski definition) is 1. The molecule has 190 valence electrons. The molecule has 0 saturated heterocycles. The van der Waals surface area contributed by atoms with Gasteiger partial charge in [-0.3, -0.25) is 15.0 Å². The number of nitriles is 1. The lowest BCUT2D eigenvalue weighted by Gasteiger charge is -2.35. The van der Waals surface area contributed by atoms with E-state index in [-0.39, 0.29) is 28.4 Å². The predicted octanol–water partition coefficient (Wildman–Crippen LogP) is 4.16. The third-order valence-electron chi connectivity index (χ3n) is 6.15. The smallest absolute Gasteiger partial charge is 0.355 e. The number of nitrogens with zero attached hydrogens (tertiary/aromatic N) is 3. The molecule has 0 bridgehead atoms. The molecule has 4 rings (SSSR count). The standard InChI is InChI=1S/C28H22N4O6/c1-37-27(33)24-23(18-8-4-3-5-9-18)21(16-29)26(30)31(25(24)28(34)38-2)19-14-12-17(13-15-19)20-10-6-7-11-22(20)32(35)36/h3-15,23H,30H2,1-2H3. The van der Waals surface area contributed by atoms with Gasteiger partial charge in [-0.15, -0.1) is 0 Å². The number of allylic oxidation sites excluding steroid dienone is 1. The van der Waals surface area contributed by atoms with E-state index in [1.807, 2.05) is 0 Å². The Hall–Kier alpha value is -5.43. The number of nitrogens with two attached hydrogens (primary N) is 1. The molecule has 0 amide bonds. The molecule has 1 aliphatic heterocycles. The van der Waals surface area contributed by atoms with E-state index >= 15 is 0 Å². The number of nitro benzene ring substituents is 1. The number of carbonyl (C=O) groups is 2. The van der Waals surface area contributed by atoms with Crippen molar-refractivity contribution in [3.63, 3.8) is 0 Å². The fraction of sp³-hybridized carbons (Fsp3) is 0.107. The van der Waals surface area contributed by atoms with Gasteiger partial charge in [-0.25, -0.2) is 9.59 Å². The summed E-state index contributed by atoms with van der Waals surface area (Å²) in [6, 6.07) is 23.4. The minimum absolute atomic E-state index is 0.0343. The maximum atomic E-state index is 13.1. The number of rotatable bonds is 6. The van der Waals surface area contributed by atoms with E-state index in [9.17, 15) is 25.0 Å². The highest BCUT2D eigenvalue weighted by Gasteiger charge is 2.43. The van der Waals surface area contributed by atoms with Crippen molar-refractivity contribution in [2.24, 2.45) is 5.73 Å². The molecular weight excluding hydrogens is 488 g/mol. The summed E-state index contributed by atoms with van der Waals surface area (Å²) in [4.78, 5) is 38.5. The number of anilines is 1. The average molecular weight is 511 g/mol. The first kappa shape index (κ1) is 25.7. The summed E-state index contributed by atoms with van der Waals surface area (Å²) < 4.78 is 10.0. The Balaban J connectivity index is 1.95. The van der Waals surface area contributed by atoms with E-state index in [0.717, 1.165) is 7.11 Å². The van der Waals surface area contributed by atoms with E-state index in [4.69, 9.17) is 15.2 Å². The molecule has 0 radical (unpaired) electrons. The molecule has 1 atom stereocenters. The molecule has 3 aromatic carbocycles. The molecule has 10 nitrogen and oxygen atoms in total. The maximum Gasteiger partial charge on any atom is 0.355 e. The van der Waals surface area contributed by atoms with Crippen LogP contribution in [0.25, 0.3) is 11.1 Å². The molecule has 0 saturated carbocycles. The monoisotopic (exact) mass is 510 g/mol. The first-order chi connectivity index (χ1) is 18.3. The Morgan fingerprint density at radius 2 is 1.55 bits per heavy atom. The van der Waals surface area contributed by atoms with Gasteiger partial charge in [0.1, 0.15) is 11.5 Å². The molecular formula is C28H22N4O6. The highest BCUT2D eigenvalue weighted by Crippen LogP contribution is 2.43.